The molecule has 1 atom stereocenters. The normalized spacial score (nSPS) is 11.8. The van der Waals surface area contributed by atoms with Crippen molar-refractivity contribution in [2.45, 2.75) is 19.6 Å². The number of aromatic amines is 2. The first-order chi connectivity index (χ1) is 12.5. The molecule has 0 radical (unpaired) electrons. The number of halogens is 1. The molecule has 134 valence electrons. The Balaban J connectivity index is 1.64. The van der Waals surface area contributed by atoms with Crippen molar-refractivity contribution in [2.24, 2.45) is 0 Å². The minimum Gasteiger partial charge on any atom is -0.486 e. The van der Waals surface area contributed by atoms with Gasteiger partial charge in [0.1, 0.15) is 35.4 Å². The molecule has 0 aliphatic heterocycles. The highest BCUT2D eigenvalue weighted by molar-refractivity contribution is 5.93. The van der Waals surface area contributed by atoms with E-state index in [1.807, 2.05) is 0 Å². The molecule has 0 saturated carbocycles. The second kappa shape index (κ2) is 7.60. The maximum Gasteiger partial charge on any atom is 0.263 e. The summed E-state index contributed by atoms with van der Waals surface area (Å²) >= 11 is 0. The van der Waals surface area contributed by atoms with Crippen LogP contribution in [0.1, 0.15) is 35.0 Å². The maximum atomic E-state index is 12.8. The van der Waals surface area contributed by atoms with Crippen molar-refractivity contribution < 1.29 is 13.9 Å². The zero-order valence-electron chi connectivity index (χ0n) is 13.8. The quantitative estimate of drug-likeness (QED) is 0.621. The average Bonchev–Trinajstić information content (AvgIpc) is 3.16. The van der Waals surface area contributed by atoms with Crippen LogP contribution in [0.15, 0.2) is 47.7 Å². The van der Waals surface area contributed by atoms with E-state index in [9.17, 15) is 14.0 Å². The largest absolute Gasteiger partial charge is 0.486 e. The number of hydrogen-bond donors (Lipinski definition) is 3. The van der Waals surface area contributed by atoms with Crippen LogP contribution in [-0.2, 0) is 6.61 Å². The van der Waals surface area contributed by atoms with E-state index in [1.54, 1.807) is 19.3 Å². The van der Waals surface area contributed by atoms with Crippen molar-refractivity contribution in [3.63, 3.8) is 0 Å². The summed E-state index contributed by atoms with van der Waals surface area (Å²) in [6.07, 6.45) is 4.40. The van der Waals surface area contributed by atoms with Crippen molar-refractivity contribution in [3.05, 3.63) is 76.2 Å². The fraction of sp³-hybridized carbons (Fsp3) is 0.176. The standard InChI is InChI=1S/C17H16FN5O3/c1-10(15-19-6-7-20-15)22-16(24)13-8-21-14(23-17(13)25)9-26-12-4-2-11(18)3-5-12/h2-8,10H,9H2,1H3,(H,19,20)(H,22,24)(H,21,23,25)/t10-/m1/s1. The van der Waals surface area contributed by atoms with Crippen LogP contribution in [0.4, 0.5) is 4.39 Å². The molecule has 3 aromatic rings. The topological polar surface area (TPSA) is 113 Å². The van der Waals surface area contributed by atoms with Gasteiger partial charge in [-0.3, -0.25) is 9.59 Å². The SMILES string of the molecule is C[C@@H](NC(=O)c1cnc(COc2ccc(F)cc2)[nH]c1=O)c1ncc[nH]1. The number of carbonyl (C=O) groups is 1. The molecule has 0 spiro atoms. The van der Waals surface area contributed by atoms with Crippen LogP contribution in [0.25, 0.3) is 0 Å². The molecule has 0 aliphatic rings. The highest BCUT2D eigenvalue weighted by Crippen LogP contribution is 2.12. The van der Waals surface area contributed by atoms with Gasteiger partial charge in [0.25, 0.3) is 11.5 Å². The van der Waals surface area contributed by atoms with E-state index in [4.69, 9.17) is 4.74 Å². The number of nitrogens with zero attached hydrogens (tertiary/aromatic N) is 2. The van der Waals surface area contributed by atoms with Gasteiger partial charge in [-0.05, 0) is 31.2 Å². The molecule has 8 nitrogen and oxygen atoms in total. The summed E-state index contributed by atoms with van der Waals surface area (Å²) < 4.78 is 18.2. The van der Waals surface area contributed by atoms with Gasteiger partial charge >= 0.3 is 0 Å². The van der Waals surface area contributed by atoms with E-state index in [2.05, 4.69) is 25.3 Å². The number of carbonyl (C=O) groups excluding carboxylic acids is 1. The van der Waals surface area contributed by atoms with Gasteiger partial charge in [-0.2, -0.15) is 0 Å². The molecule has 0 saturated heterocycles. The molecule has 26 heavy (non-hydrogen) atoms. The Hall–Kier alpha value is -3.49. The van der Waals surface area contributed by atoms with Crippen molar-refractivity contribution in [1.82, 2.24) is 25.3 Å². The van der Waals surface area contributed by atoms with Crippen molar-refractivity contribution in [3.8, 4) is 5.75 Å². The fourth-order valence-corrected chi connectivity index (χ4v) is 2.21. The highest BCUT2D eigenvalue weighted by atomic mass is 19.1. The first kappa shape index (κ1) is 17.3. The molecule has 0 bridgehead atoms. The molecule has 2 aromatic heterocycles. The van der Waals surface area contributed by atoms with Gasteiger partial charge in [-0.15, -0.1) is 0 Å². The van der Waals surface area contributed by atoms with Crippen LogP contribution in [0.2, 0.25) is 0 Å². The molecule has 3 N–H and O–H groups in total. The molecule has 0 aliphatic carbocycles. The van der Waals surface area contributed by atoms with E-state index in [0.717, 1.165) is 0 Å². The first-order valence-corrected chi connectivity index (χ1v) is 7.79. The third-order valence-electron chi connectivity index (χ3n) is 3.56. The number of imidazole rings is 1. The fourth-order valence-electron chi connectivity index (χ4n) is 2.21. The van der Waals surface area contributed by atoms with Gasteiger partial charge in [0, 0.05) is 18.6 Å². The summed E-state index contributed by atoms with van der Waals surface area (Å²) in [7, 11) is 0. The Labute approximate surface area is 147 Å². The Kier molecular flexibility index (Phi) is 5.07. The summed E-state index contributed by atoms with van der Waals surface area (Å²) in [4.78, 5) is 37.8. The lowest BCUT2D eigenvalue weighted by Crippen LogP contribution is -2.32. The molecule has 3 rings (SSSR count). The molecule has 9 heteroatoms. The predicted octanol–water partition coefficient (Wildman–Crippen LogP) is 1.70. The summed E-state index contributed by atoms with van der Waals surface area (Å²) in [5.74, 6) is 0.321. The van der Waals surface area contributed by atoms with Crippen molar-refractivity contribution in [2.75, 3.05) is 0 Å². The number of nitrogens with one attached hydrogen (secondary N) is 3. The lowest BCUT2D eigenvalue weighted by atomic mass is 10.2. The van der Waals surface area contributed by atoms with Crippen LogP contribution >= 0.6 is 0 Å². The molecule has 2 heterocycles. The van der Waals surface area contributed by atoms with Gasteiger partial charge in [-0.1, -0.05) is 0 Å². The Morgan fingerprint density at radius 3 is 2.73 bits per heavy atom. The first-order valence-electron chi connectivity index (χ1n) is 7.79. The molecular weight excluding hydrogens is 341 g/mol. The third-order valence-corrected chi connectivity index (χ3v) is 3.56. The van der Waals surface area contributed by atoms with Gasteiger partial charge in [-0.25, -0.2) is 14.4 Å². The second-order valence-corrected chi connectivity index (χ2v) is 5.48. The van der Waals surface area contributed by atoms with Gasteiger partial charge in [0.15, 0.2) is 0 Å². The summed E-state index contributed by atoms with van der Waals surface area (Å²) in [6, 6.07) is 5.06. The Morgan fingerprint density at radius 1 is 1.31 bits per heavy atom. The van der Waals surface area contributed by atoms with E-state index < -0.39 is 17.5 Å². The molecular formula is C17H16FN5O3. The molecule has 1 amide bonds. The minimum atomic E-state index is -0.582. The number of hydrogen-bond acceptors (Lipinski definition) is 5. The predicted molar refractivity (Wildman–Crippen MR) is 90.1 cm³/mol. The minimum absolute atomic E-state index is 0.0223. The number of rotatable bonds is 6. The zero-order valence-corrected chi connectivity index (χ0v) is 13.8. The number of ether oxygens (including phenoxy) is 1. The monoisotopic (exact) mass is 357 g/mol. The van der Waals surface area contributed by atoms with Crippen LogP contribution < -0.4 is 15.6 Å². The van der Waals surface area contributed by atoms with Crippen molar-refractivity contribution in [1.29, 1.82) is 0 Å². The van der Waals surface area contributed by atoms with Crippen LogP contribution in [0.5, 0.6) is 5.75 Å². The Morgan fingerprint density at radius 2 is 2.08 bits per heavy atom. The van der Waals surface area contributed by atoms with Crippen LogP contribution in [0, 0.1) is 5.82 Å². The number of amides is 1. The van der Waals surface area contributed by atoms with Crippen molar-refractivity contribution >= 4 is 5.91 Å². The van der Waals surface area contributed by atoms with E-state index >= 15 is 0 Å². The molecule has 1 aromatic carbocycles. The summed E-state index contributed by atoms with van der Waals surface area (Å²) in [6.45, 7) is 1.72. The number of H-pyrrole nitrogens is 2. The average molecular weight is 357 g/mol. The van der Waals surface area contributed by atoms with E-state index in [-0.39, 0.29) is 23.8 Å². The smallest absolute Gasteiger partial charge is 0.263 e. The molecule has 0 unspecified atom stereocenters. The molecule has 0 fully saturated rings. The van der Waals surface area contributed by atoms with Crippen LogP contribution in [-0.4, -0.2) is 25.8 Å². The lowest BCUT2D eigenvalue weighted by molar-refractivity contribution is 0.0936. The van der Waals surface area contributed by atoms with E-state index in [1.165, 1.54) is 30.5 Å². The number of aromatic nitrogens is 4. The van der Waals surface area contributed by atoms with Gasteiger partial charge in [0.05, 0.1) is 6.04 Å². The third kappa shape index (κ3) is 4.12. The summed E-state index contributed by atoms with van der Waals surface area (Å²) in [5, 5.41) is 2.66. The summed E-state index contributed by atoms with van der Waals surface area (Å²) in [5.41, 5.74) is -0.698. The van der Waals surface area contributed by atoms with E-state index in [0.29, 0.717) is 11.6 Å². The number of benzene rings is 1. The van der Waals surface area contributed by atoms with Gasteiger partial charge < -0.3 is 20.0 Å². The lowest BCUT2D eigenvalue weighted by Gasteiger charge is -2.11. The second-order valence-electron chi connectivity index (χ2n) is 5.48. The zero-order chi connectivity index (χ0) is 18.5. The Bertz CT molecular complexity index is 938. The van der Waals surface area contributed by atoms with Gasteiger partial charge in [0.2, 0.25) is 0 Å². The maximum absolute atomic E-state index is 12.8. The highest BCUT2D eigenvalue weighted by Gasteiger charge is 2.16. The van der Waals surface area contributed by atoms with Crippen LogP contribution in [0.3, 0.4) is 0 Å².